The average Bonchev–Trinajstić information content (AvgIpc) is 2.13. The normalized spacial score (nSPS) is 28.3. The lowest BCUT2D eigenvalue weighted by Crippen LogP contribution is -2.51. The highest BCUT2D eigenvalue weighted by Gasteiger charge is 2.24. The van der Waals surface area contributed by atoms with Crippen LogP contribution in [-0.2, 0) is 0 Å². The van der Waals surface area contributed by atoms with E-state index < -0.39 is 0 Å². The molecule has 1 heterocycles. The van der Waals surface area contributed by atoms with E-state index in [1.54, 1.807) is 0 Å². The van der Waals surface area contributed by atoms with Crippen molar-refractivity contribution in [1.29, 1.82) is 0 Å². The summed E-state index contributed by atoms with van der Waals surface area (Å²) in [6.07, 6.45) is 1.30. The Hall–Kier alpha value is -0.120. The van der Waals surface area contributed by atoms with Crippen molar-refractivity contribution in [3.8, 4) is 0 Å². The highest BCUT2D eigenvalue weighted by molar-refractivity contribution is 4.83. The standard InChI is InChI=1S/C13H29N3/c1-11-7-12(15-10-13(2,3)4)9-16(8-11)6-5-14/h11-12,15H,5-10,14H2,1-4H3. The molecule has 0 amide bonds. The molecule has 96 valence electrons. The van der Waals surface area contributed by atoms with Crippen LogP contribution in [0.5, 0.6) is 0 Å². The summed E-state index contributed by atoms with van der Waals surface area (Å²) in [5.41, 5.74) is 6.01. The summed E-state index contributed by atoms with van der Waals surface area (Å²) in [6, 6.07) is 0.648. The topological polar surface area (TPSA) is 41.3 Å². The van der Waals surface area contributed by atoms with Gasteiger partial charge in [0.15, 0.2) is 0 Å². The molecule has 3 nitrogen and oxygen atoms in total. The maximum Gasteiger partial charge on any atom is 0.0198 e. The lowest BCUT2D eigenvalue weighted by Gasteiger charge is -2.37. The van der Waals surface area contributed by atoms with Gasteiger partial charge in [0, 0.05) is 38.8 Å². The van der Waals surface area contributed by atoms with Gasteiger partial charge in [0.2, 0.25) is 0 Å². The van der Waals surface area contributed by atoms with Gasteiger partial charge in [-0.15, -0.1) is 0 Å². The number of piperidine rings is 1. The summed E-state index contributed by atoms with van der Waals surface area (Å²) < 4.78 is 0. The third kappa shape index (κ3) is 5.28. The first-order valence-electron chi connectivity index (χ1n) is 6.56. The highest BCUT2D eigenvalue weighted by Crippen LogP contribution is 2.18. The van der Waals surface area contributed by atoms with E-state index in [1.165, 1.54) is 13.0 Å². The predicted octanol–water partition coefficient (Wildman–Crippen LogP) is 1.29. The molecule has 16 heavy (non-hydrogen) atoms. The Labute approximate surface area is 101 Å². The Balaban J connectivity index is 2.35. The zero-order valence-corrected chi connectivity index (χ0v) is 11.4. The second-order valence-corrected chi connectivity index (χ2v) is 6.53. The van der Waals surface area contributed by atoms with Crippen LogP contribution in [0.2, 0.25) is 0 Å². The van der Waals surface area contributed by atoms with E-state index in [0.29, 0.717) is 11.5 Å². The van der Waals surface area contributed by atoms with E-state index in [9.17, 15) is 0 Å². The molecule has 3 heteroatoms. The minimum atomic E-state index is 0.374. The summed E-state index contributed by atoms with van der Waals surface area (Å²) in [7, 11) is 0. The molecule has 0 aromatic carbocycles. The highest BCUT2D eigenvalue weighted by atomic mass is 15.2. The SMILES string of the molecule is CC1CC(NCC(C)(C)C)CN(CCN)C1. The zero-order valence-electron chi connectivity index (χ0n) is 11.4. The number of likely N-dealkylation sites (tertiary alicyclic amines) is 1. The van der Waals surface area contributed by atoms with Crippen molar-refractivity contribution < 1.29 is 0 Å². The molecular weight excluding hydrogens is 198 g/mol. The van der Waals surface area contributed by atoms with Gasteiger partial charge in [-0.1, -0.05) is 27.7 Å². The minimum absolute atomic E-state index is 0.374. The second-order valence-electron chi connectivity index (χ2n) is 6.53. The summed E-state index contributed by atoms with van der Waals surface area (Å²) in [5.74, 6) is 0.790. The minimum Gasteiger partial charge on any atom is -0.329 e. The summed E-state index contributed by atoms with van der Waals surface area (Å²) in [4.78, 5) is 2.49. The van der Waals surface area contributed by atoms with Crippen molar-refractivity contribution in [2.24, 2.45) is 17.1 Å². The molecule has 1 aliphatic heterocycles. The van der Waals surface area contributed by atoms with Gasteiger partial charge in [0.25, 0.3) is 0 Å². The van der Waals surface area contributed by atoms with Crippen molar-refractivity contribution >= 4 is 0 Å². The zero-order chi connectivity index (χ0) is 12.2. The van der Waals surface area contributed by atoms with Crippen LogP contribution in [0.3, 0.4) is 0 Å². The molecule has 1 rings (SSSR count). The third-order valence-corrected chi connectivity index (χ3v) is 3.10. The molecule has 0 saturated carbocycles. The lowest BCUT2D eigenvalue weighted by atomic mass is 9.93. The van der Waals surface area contributed by atoms with Crippen LogP contribution in [0.1, 0.15) is 34.1 Å². The molecule has 1 fully saturated rings. The maximum atomic E-state index is 5.63. The fourth-order valence-corrected chi connectivity index (χ4v) is 2.43. The van der Waals surface area contributed by atoms with Crippen molar-refractivity contribution in [3.05, 3.63) is 0 Å². The van der Waals surface area contributed by atoms with Crippen molar-refractivity contribution in [2.45, 2.75) is 40.2 Å². The largest absolute Gasteiger partial charge is 0.329 e. The Kier molecular flexibility index (Phi) is 5.22. The summed E-state index contributed by atoms with van der Waals surface area (Å²) in [6.45, 7) is 14.5. The molecule has 0 aromatic rings. The van der Waals surface area contributed by atoms with E-state index in [-0.39, 0.29) is 0 Å². The number of rotatable bonds is 4. The van der Waals surface area contributed by atoms with E-state index in [4.69, 9.17) is 5.73 Å². The number of nitrogens with two attached hydrogens (primary N) is 1. The first-order chi connectivity index (χ1) is 7.40. The van der Waals surface area contributed by atoms with Gasteiger partial charge in [-0.25, -0.2) is 0 Å². The molecule has 0 aromatic heterocycles. The fraction of sp³-hybridized carbons (Fsp3) is 1.00. The lowest BCUT2D eigenvalue weighted by molar-refractivity contribution is 0.146. The van der Waals surface area contributed by atoms with E-state index >= 15 is 0 Å². The van der Waals surface area contributed by atoms with Gasteiger partial charge in [-0.05, 0) is 17.8 Å². The van der Waals surface area contributed by atoms with Gasteiger partial charge in [-0.3, -0.25) is 0 Å². The molecule has 1 aliphatic rings. The smallest absolute Gasteiger partial charge is 0.0198 e. The van der Waals surface area contributed by atoms with Gasteiger partial charge in [0.1, 0.15) is 0 Å². The van der Waals surface area contributed by atoms with Crippen LogP contribution in [-0.4, -0.2) is 43.7 Å². The predicted molar refractivity (Wildman–Crippen MR) is 70.5 cm³/mol. The average molecular weight is 227 g/mol. The van der Waals surface area contributed by atoms with Crippen LogP contribution < -0.4 is 11.1 Å². The van der Waals surface area contributed by atoms with Crippen LogP contribution >= 0.6 is 0 Å². The first kappa shape index (κ1) is 13.9. The Morgan fingerprint density at radius 3 is 2.56 bits per heavy atom. The van der Waals surface area contributed by atoms with Crippen LogP contribution in [0.15, 0.2) is 0 Å². The third-order valence-electron chi connectivity index (χ3n) is 3.10. The van der Waals surface area contributed by atoms with Crippen molar-refractivity contribution in [2.75, 3.05) is 32.7 Å². The van der Waals surface area contributed by atoms with Crippen LogP contribution in [0.25, 0.3) is 0 Å². The number of hydrogen-bond donors (Lipinski definition) is 2. The van der Waals surface area contributed by atoms with Crippen LogP contribution in [0.4, 0.5) is 0 Å². The van der Waals surface area contributed by atoms with Gasteiger partial charge in [0.05, 0.1) is 0 Å². The molecule has 0 radical (unpaired) electrons. The van der Waals surface area contributed by atoms with E-state index in [1.807, 2.05) is 0 Å². The molecular formula is C13H29N3. The monoisotopic (exact) mass is 227 g/mol. The number of hydrogen-bond acceptors (Lipinski definition) is 3. The molecule has 0 spiro atoms. The molecule has 2 atom stereocenters. The van der Waals surface area contributed by atoms with Crippen LogP contribution in [0, 0.1) is 11.3 Å². The molecule has 0 bridgehead atoms. The molecule has 3 N–H and O–H groups in total. The second kappa shape index (κ2) is 5.99. The molecule has 1 saturated heterocycles. The Bertz CT molecular complexity index is 198. The Morgan fingerprint density at radius 1 is 1.31 bits per heavy atom. The van der Waals surface area contributed by atoms with E-state index in [2.05, 4.69) is 37.9 Å². The summed E-state index contributed by atoms with van der Waals surface area (Å²) >= 11 is 0. The van der Waals surface area contributed by atoms with Gasteiger partial charge < -0.3 is 16.0 Å². The number of nitrogens with zero attached hydrogens (tertiary/aromatic N) is 1. The molecule has 2 unspecified atom stereocenters. The Morgan fingerprint density at radius 2 is 2.00 bits per heavy atom. The molecule has 0 aliphatic carbocycles. The number of nitrogens with one attached hydrogen (secondary N) is 1. The van der Waals surface area contributed by atoms with Crippen molar-refractivity contribution in [3.63, 3.8) is 0 Å². The first-order valence-corrected chi connectivity index (χ1v) is 6.56. The van der Waals surface area contributed by atoms with E-state index in [0.717, 1.165) is 32.1 Å². The quantitative estimate of drug-likeness (QED) is 0.760. The summed E-state index contributed by atoms with van der Waals surface area (Å²) in [5, 5.41) is 3.70. The van der Waals surface area contributed by atoms with Crippen molar-refractivity contribution in [1.82, 2.24) is 10.2 Å². The maximum absolute atomic E-state index is 5.63. The van der Waals surface area contributed by atoms with Gasteiger partial charge >= 0.3 is 0 Å². The fourth-order valence-electron chi connectivity index (χ4n) is 2.43. The van der Waals surface area contributed by atoms with Gasteiger partial charge in [-0.2, -0.15) is 0 Å².